The molecule has 5 aromatic rings. The van der Waals surface area contributed by atoms with Crippen molar-refractivity contribution in [1.29, 1.82) is 0 Å². The number of hydrogen-bond acceptors (Lipinski definition) is 3. The first kappa shape index (κ1) is 24.2. The SMILES string of the molecule is Cc1c(N=c2scc(-c3ccc(Br)cc3)n2CCc2ccc(F)cc2)c(=O)n(-c2ccccc2)n1C. The quantitative estimate of drug-likeness (QED) is 0.236. The first-order valence-electron chi connectivity index (χ1n) is 11.5. The molecule has 0 saturated heterocycles. The molecular weight excluding hydrogens is 539 g/mol. The van der Waals surface area contributed by atoms with E-state index in [0.29, 0.717) is 18.7 Å². The van der Waals surface area contributed by atoms with Gasteiger partial charge in [0.05, 0.1) is 17.1 Å². The molecule has 0 atom stereocenters. The summed E-state index contributed by atoms with van der Waals surface area (Å²) in [7, 11) is 1.87. The van der Waals surface area contributed by atoms with Crippen LogP contribution in [0.3, 0.4) is 0 Å². The van der Waals surface area contributed by atoms with Crippen molar-refractivity contribution in [2.24, 2.45) is 12.0 Å². The second kappa shape index (κ2) is 10.2. The Balaban J connectivity index is 1.62. The van der Waals surface area contributed by atoms with Gasteiger partial charge >= 0.3 is 0 Å². The van der Waals surface area contributed by atoms with Gasteiger partial charge in [0.25, 0.3) is 5.56 Å². The van der Waals surface area contributed by atoms with Crippen LogP contribution in [0.4, 0.5) is 10.1 Å². The van der Waals surface area contributed by atoms with Gasteiger partial charge < -0.3 is 4.57 Å². The van der Waals surface area contributed by atoms with Crippen molar-refractivity contribution in [3.05, 3.63) is 121 Å². The van der Waals surface area contributed by atoms with Crippen LogP contribution in [0.1, 0.15) is 11.3 Å². The lowest BCUT2D eigenvalue weighted by Gasteiger charge is -2.10. The molecular formula is C28H24BrFN4OS. The summed E-state index contributed by atoms with van der Waals surface area (Å²) in [4.78, 5) is 19.1. The van der Waals surface area contributed by atoms with E-state index in [9.17, 15) is 9.18 Å². The molecule has 0 unspecified atom stereocenters. The normalized spacial score (nSPS) is 11.8. The molecule has 0 fully saturated rings. The third-order valence-electron chi connectivity index (χ3n) is 6.21. The van der Waals surface area contributed by atoms with E-state index in [1.54, 1.807) is 16.8 Å². The molecule has 0 N–H and O–H groups in total. The van der Waals surface area contributed by atoms with Gasteiger partial charge in [0.1, 0.15) is 5.82 Å². The average molecular weight is 563 g/mol. The van der Waals surface area contributed by atoms with Gasteiger partial charge in [-0.15, -0.1) is 11.3 Å². The van der Waals surface area contributed by atoms with E-state index in [1.165, 1.54) is 23.5 Å². The molecule has 0 radical (unpaired) electrons. The largest absolute Gasteiger partial charge is 0.316 e. The van der Waals surface area contributed by atoms with Gasteiger partial charge in [0.15, 0.2) is 10.5 Å². The number of benzene rings is 3. The molecule has 0 aliphatic rings. The van der Waals surface area contributed by atoms with Crippen LogP contribution in [0.2, 0.25) is 0 Å². The van der Waals surface area contributed by atoms with Crippen molar-refractivity contribution >= 4 is 33.0 Å². The molecule has 0 bridgehead atoms. The van der Waals surface area contributed by atoms with Crippen molar-refractivity contribution in [2.75, 3.05) is 0 Å². The summed E-state index contributed by atoms with van der Waals surface area (Å²) in [5, 5.41) is 2.07. The van der Waals surface area contributed by atoms with Crippen LogP contribution < -0.4 is 10.4 Å². The molecule has 5 rings (SSSR count). The Bertz CT molecular complexity index is 1630. The minimum atomic E-state index is -0.248. The fourth-order valence-electron chi connectivity index (χ4n) is 4.16. The summed E-state index contributed by atoms with van der Waals surface area (Å²) >= 11 is 5.01. The lowest BCUT2D eigenvalue weighted by molar-refractivity contribution is 0.625. The Labute approximate surface area is 220 Å². The molecule has 3 aromatic carbocycles. The summed E-state index contributed by atoms with van der Waals surface area (Å²) in [6.45, 7) is 2.55. The molecule has 0 saturated carbocycles. The van der Waals surface area contributed by atoms with Gasteiger partial charge in [-0.2, -0.15) is 0 Å². The molecule has 0 spiro atoms. The standard InChI is InChI=1S/C28H24BrFN4OS/c1-19-26(27(35)34(32(19)2)24-6-4-3-5-7-24)31-28-33(17-16-20-8-14-23(30)15-9-20)25(18-36-28)21-10-12-22(29)13-11-21/h3-15,18H,16-17H2,1-2H3. The lowest BCUT2D eigenvalue weighted by Crippen LogP contribution is -2.20. The molecule has 8 heteroatoms. The van der Waals surface area contributed by atoms with E-state index in [1.807, 2.05) is 61.1 Å². The molecule has 0 aliphatic heterocycles. The summed E-state index contributed by atoms with van der Waals surface area (Å²) in [5.41, 5.74) is 4.94. The Kier molecular flexibility index (Phi) is 6.89. The second-order valence-corrected chi connectivity index (χ2v) is 10.2. The van der Waals surface area contributed by atoms with Gasteiger partial charge in [-0.25, -0.2) is 14.1 Å². The number of halogens is 2. The number of aryl methyl sites for hydroxylation is 1. The number of rotatable bonds is 6. The van der Waals surface area contributed by atoms with Crippen LogP contribution in [-0.2, 0) is 20.0 Å². The molecule has 182 valence electrons. The van der Waals surface area contributed by atoms with Crippen LogP contribution in [0, 0.1) is 12.7 Å². The highest BCUT2D eigenvalue weighted by atomic mass is 79.9. The van der Waals surface area contributed by atoms with Crippen LogP contribution in [0.5, 0.6) is 0 Å². The third kappa shape index (κ3) is 4.79. The Hall–Kier alpha value is -3.49. The third-order valence-corrected chi connectivity index (χ3v) is 7.60. The summed E-state index contributed by atoms with van der Waals surface area (Å²) in [5.74, 6) is -0.248. The Morgan fingerprint density at radius 1 is 0.972 bits per heavy atom. The molecule has 0 aliphatic carbocycles. The number of aromatic nitrogens is 3. The van der Waals surface area contributed by atoms with E-state index >= 15 is 0 Å². The summed E-state index contributed by atoms with van der Waals surface area (Å²) < 4.78 is 20.0. The predicted molar refractivity (Wildman–Crippen MR) is 147 cm³/mol. The van der Waals surface area contributed by atoms with E-state index in [-0.39, 0.29) is 11.4 Å². The predicted octanol–water partition coefficient (Wildman–Crippen LogP) is 6.39. The van der Waals surface area contributed by atoms with Gasteiger partial charge in [0, 0.05) is 23.4 Å². The van der Waals surface area contributed by atoms with Gasteiger partial charge in [0.2, 0.25) is 0 Å². The molecule has 2 heterocycles. The topological polar surface area (TPSA) is 44.2 Å². The number of para-hydroxylation sites is 1. The average Bonchev–Trinajstić information content (AvgIpc) is 3.38. The Morgan fingerprint density at radius 3 is 2.36 bits per heavy atom. The van der Waals surface area contributed by atoms with E-state index in [4.69, 9.17) is 4.99 Å². The highest BCUT2D eigenvalue weighted by Gasteiger charge is 2.17. The van der Waals surface area contributed by atoms with E-state index in [0.717, 1.165) is 37.5 Å². The van der Waals surface area contributed by atoms with Crippen LogP contribution >= 0.6 is 27.3 Å². The van der Waals surface area contributed by atoms with E-state index in [2.05, 4.69) is 38.0 Å². The molecule has 5 nitrogen and oxygen atoms in total. The monoisotopic (exact) mass is 562 g/mol. The first-order chi connectivity index (χ1) is 17.4. The van der Waals surface area contributed by atoms with Crippen molar-refractivity contribution < 1.29 is 4.39 Å². The summed E-state index contributed by atoms with van der Waals surface area (Å²) in [6, 6.07) is 24.3. The van der Waals surface area contributed by atoms with Gasteiger partial charge in [-0.3, -0.25) is 9.48 Å². The zero-order chi connectivity index (χ0) is 25.2. The maximum absolute atomic E-state index is 13.5. The minimum absolute atomic E-state index is 0.162. The summed E-state index contributed by atoms with van der Waals surface area (Å²) in [6.07, 6.45) is 0.704. The fourth-order valence-corrected chi connectivity index (χ4v) is 5.36. The van der Waals surface area contributed by atoms with Crippen molar-refractivity contribution in [2.45, 2.75) is 19.9 Å². The smallest absolute Gasteiger partial charge is 0.297 e. The maximum atomic E-state index is 13.5. The number of nitrogens with zero attached hydrogens (tertiary/aromatic N) is 4. The van der Waals surface area contributed by atoms with Crippen LogP contribution in [0.15, 0.2) is 98.5 Å². The van der Waals surface area contributed by atoms with E-state index < -0.39 is 0 Å². The molecule has 36 heavy (non-hydrogen) atoms. The van der Waals surface area contributed by atoms with Crippen molar-refractivity contribution in [1.82, 2.24) is 13.9 Å². The Morgan fingerprint density at radius 2 is 1.67 bits per heavy atom. The van der Waals surface area contributed by atoms with Gasteiger partial charge in [-0.05, 0) is 60.9 Å². The van der Waals surface area contributed by atoms with Crippen LogP contribution in [-0.4, -0.2) is 13.9 Å². The van der Waals surface area contributed by atoms with Gasteiger partial charge in [-0.1, -0.05) is 58.4 Å². The number of hydrogen-bond donors (Lipinski definition) is 0. The maximum Gasteiger partial charge on any atom is 0.297 e. The second-order valence-electron chi connectivity index (χ2n) is 8.46. The van der Waals surface area contributed by atoms with Crippen molar-refractivity contribution in [3.8, 4) is 16.9 Å². The lowest BCUT2D eigenvalue weighted by atomic mass is 10.1. The molecule has 2 aromatic heterocycles. The minimum Gasteiger partial charge on any atom is -0.316 e. The fraction of sp³-hybridized carbons (Fsp3) is 0.143. The van der Waals surface area contributed by atoms with Crippen LogP contribution in [0.25, 0.3) is 16.9 Å². The number of thiazole rings is 1. The molecule has 0 amide bonds. The highest BCUT2D eigenvalue weighted by molar-refractivity contribution is 9.10. The van der Waals surface area contributed by atoms with Crippen molar-refractivity contribution in [3.63, 3.8) is 0 Å². The zero-order valence-corrected chi connectivity index (χ0v) is 22.3. The zero-order valence-electron chi connectivity index (χ0n) is 19.9. The first-order valence-corrected chi connectivity index (χ1v) is 13.2. The highest BCUT2D eigenvalue weighted by Crippen LogP contribution is 2.24.